The first-order valence-electron chi connectivity index (χ1n) is 4.16. The molecule has 0 aliphatic rings. The van der Waals surface area contributed by atoms with E-state index in [0.29, 0.717) is 5.92 Å². The van der Waals surface area contributed by atoms with Crippen molar-refractivity contribution in [3.8, 4) is 0 Å². The molecule has 0 amide bonds. The molecule has 0 bridgehead atoms. The Morgan fingerprint density at radius 3 is 2.67 bits per heavy atom. The maximum absolute atomic E-state index is 4.01. The van der Waals surface area contributed by atoms with E-state index in [1.54, 1.807) is 6.33 Å². The van der Waals surface area contributed by atoms with Crippen molar-refractivity contribution in [3.05, 3.63) is 6.33 Å². The van der Waals surface area contributed by atoms with Gasteiger partial charge in [0, 0.05) is 20.6 Å². The van der Waals surface area contributed by atoms with Crippen LogP contribution in [0.15, 0.2) is 6.33 Å². The first-order chi connectivity index (χ1) is 5.61. The fraction of sp³-hybridized carbons (Fsp3) is 0.750. The Hall–Kier alpha value is -1.06. The maximum Gasteiger partial charge on any atom is 0.226 e. The topological polar surface area (TPSA) is 34.0 Å². The molecule has 0 saturated heterocycles. The molecule has 0 aromatic carbocycles. The lowest BCUT2D eigenvalue weighted by atomic mass is 10.2. The lowest BCUT2D eigenvalue weighted by Crippen LogP contribution is -2.25. The molecular weight excluding hydrogens is 152 g/mol. The van der Waals surface area contributed by atoms with Crippen LogP contribution in [0.5, 0.6) is 0 Å². The van der Waals surface area contributed by atoms with Gasteiger partial charge in [0.05, 0.1) is 0 Å². The fourth-order valence-electron chi connectivity index (χ4n) is 1.25. The zero-order valence-corrected chi connectivity index (χ0v) is 8.15. The Morgan fingerprint density at radius 2 is 2.25 bits per heavy atom. The Bertz CT molecular complexity index is 241. The third-order valence-corrected chi connectivity index (χ3v) is 1.67. The first kappa shape index (κ1) is 9.03. The molecule has 1 rings (SSSR count). The summed E-state index contributed by atoms with van der Waals surface area (Å²) in [5.41, 5.74) is 0. The van der Waals surface area contributed by atoms with E-state index in [2.05, 4.69) is 28.9 Å². The summed E-state index contributed by atoms with van der Waals surface area (Å²) in [4.78, 5) is 2.11. The van der Waals surface area contributed by atoms with Gasteiger partial charge in [-0.2, -0.15) is 0 Å². The van der Waals surface area contributed by atoms with E-state index in [4.69, 9.17) is 0 Å². The summed E-state index contributed by atoms with van der Waals surface area (Å²) < 4.78 is 1.92. The SMILES string of the molecule is CC(C)CN(C)c1nncn1C. The maximum atomic E-state index is 4.01. The van der Waals surface area contributed by atoms with Crippen molar-refractivity contribution >= 4 is 5.95 Å². The number of anilines is 1. The minimum absolute atomic E-state index is 0.645. The Kier molecular flexibility index (Phi) is 2.68. The molecule has 1 aromatic heterocycles. The van der Waals surface area contributed by atoms with Crippen molar-refractivity contribution in [1.29, 1.82) is 0 Å². The summed E-state index contributed by atoms with van der Waals surface area (Å²) in [5, 5.41) is 7.83. The van der Waals surface area contributed by atoms with Gasteiger partial charge in [0.15, 0.2) is 0 Å². The van der Waals surface area contributed by atoms with Crippen molar-refractivity contribution < 1.29 is 0 Å². The molecule has 0 atom stereocenters. The second-order valence-corrected chi connectivity index (χ2v) is 3.52. The van der Waals surface area contributed by atoms with Crippen LogP contribution >= 0.6 is 0 Å². The summed E-state index contributed by atoms with van der Waals surface area (Å²) in [6.45, 7) is 5.38. The van der Waals surface area contributed by atoms with Crippen LogP contribution in [0.25, 0.3) is 0 Å². The molecule has 0 spiro atoms. The normalized spacial score (nSPS) is 10.8. The van der Waals surface area contributed by atoms with Crippen molar-refractivity contribution in [2.24, 2.45) is 13.0 Å². The van der Waals surface area contributed by atoms with Crippen molar-refractivity contribution in [2.45, 2.75) is 13.8 Å². The van der Waals surface area contributed by atoms with Gasteiger partial charge in [-0.1, -0.05) is 13.8 Å². The Balaban J connectivity index is 2.65. The molecule has 1 heterocycles. The predicted molar refractivity (Wildman–Crippen MR) is 49.1 cm³/mol. The van der Waals surface area contributed by atoms with Crippen LogP contribution in [-0.2, 0) is 7.05 Å². The van der Waals surface area contributed by atoms with Gasteiger partial charge in [0.1, 0.15) is 6.33 Å². The summed E-state index contributed by atoms with van der Waals surface area (Å²) in [5.74, 6) is 1.57. The van der Waals surface area contributed by atoms with Gasteiger partial charge < -0.3 is 9.47 Å². The van der Waals surface area contributed by atoms with Crippen molar-refractivity contribution in [3.63, 3.8) is 0 Å². The fourth-order valence-corrected chi connectivity index (χ4v) is 1.25. The largest absolute Gasteiger partial charge is 0.344 e. The van der Waals surface area contributed by atoms with Crippen LogP contribution in [0.4, 0.5) is 5.95 Å². The first-order valence-corrected chi connectivity index (χ1v) is 4.16. The average Bonchev–Trinajstić information content (AvgIpc) is 2.33. The third-order valence-electron chi connectivity index (χ3n) is 1.67. The molecule has 4 nitrogen and oxygen atoms in total. The summed E-state index contributed by atoms with van der Waals surface area (Å²) >= 11 is 0. The summed E-state index contributed by atoms with van der Waals surface area (Å²) in [7, 11) is 3.98. The van der Waals surface area contributed by atoms with Gasteiger partial charge in [0.2, 0.25) is 5.95 Å². The van der Waals surface area contributed by atoms with Gasteiger partial charge in [-0.15, -0.1) is 10.2 Å². The zero-order chi connectivity index (χ0) is 9.14. The van der Waals surface area contributed by atoms with Crippen LogP contribution in [0.3, 0.4) is 0 Å². The second kappa shape index (κ2) is 3.56. The molecule has 4 heteroatoms. The lowest BCUT2D eigenvalue weighted by molar-refractivity contribution is 0.623. The minimum Gasteiger partial charge on any atom is -0.344 e. The van der Waals surface area contributed by atoms with E-state index >= 15 is 0 Å². The van der Waals surface area contributed by atoms with Crippen LogP contribution in [-0.4, -0.2) is 28.4 Å². The van der Waals surface area contributed by atoms with Gasteiger partial charge in [-0.3, -0.25) is 0 Å². The number of hydrogen-bond acceptors (Lipinski definition) is 3. The summed E-state index contributed by atoms with van der Waals surface area (Å²) in [6.07, 6.45) is 1.71. The van der Waals surface area contributed by atoms with E-state index in [1.807, 2.05) is 18.7 Å². The van der Waals surface area contributed by atoms with Gasteiger partial charge in [-0.25, -0.2) is 0 Å². The third kappa shape index (κ3) is 1.96. The Labute approximate surface area is 73.2 Å². The van der Waals surface area contributed by atoms with E-state index in [0.717, 1.165) is 12.5 Å². The highest BCUT2D eigenvalue weighted by Crippen LogP contribution is 2.07. The molecule has 0 radical (unpaired) electrons. The summed E-state index contributed by atoms with van der Waals surface area (Å²) in [6, 6.07) is 0. The number of aryl methyl sites for hydroxylation is 1. The number of rotatable bonds is 3. The molecule has 0 aliphatic heterocycles. The monoisotopic (exact) mass is 168 g/mol. The number of hydrogen-bond donors (Lipinski definition) is 0. The molecule has 12 heavy (non-hydrogen) atoms. The van der Waals surface area contributed by atoms with Crippen LogP contribution < -0.4 is 4.90 Å². The van der Waals surface area contributed by atoms with E-state index in [1.165, 1.54) is 0 Å². The van der Waals surface area contributed by atoms with E-state index in [9.17, 15) is 0 Å². The number of aromatic nitrogens is 3. The van der Waals surface area contributed by atoms with Gasteiger partial charge in [-0.05, 0) is 5.92 Å². The predicted octanol–water partition coefficient (Wildman–Crippen LogP) is 0.907. The standard InChI is InChI=1S/C8H16N4/c1-7(2)5-11(3)8-10-9-6-12(8)4/h6-7H,5H2,1-4H3. The molecule has 0 unspecified atom stereocenters. The van der Waals surface area contributed by atoms with Crippen LogP contribution in [0.2, 0.25) is 0 Å². The smallest absolute Gasteiger partial charge is 0.226 e. The minimum atomic E-state index is 0.645. The molecule has 0 N–H and O–H groups in total. The zero-order valence-electron chi connectivity index (χ0n) is 8.15. The van der Waals surface area contributed by atoms with E-state index in [-0.39, 0.29) is 0 Å². The lowest BCUT2D eigenvalue weighted by Gasteiger charge is -2.19. The highest BCUT2D eigenvalue weighted by Gasteiger charge is 2.07. The molecule has 1 aromatic rings. The molecule has 68 valence electrons. The van der Waals surface area contributed by atoms with Crippen LogP contribution in [0, 0.1) is 5.92 Å². The average molecular weight is 168 g/mol. The molecular formula is C8H16N4. The Morgan fingerprint density at radius 1 is 1.58 bits per heavy atom. The quantitative estimate of drug-likeness (QED) is 0.672. The van der Waals surface area contributed by atoms with Crippen molar-refractivity contribution in [1.82, 2.24) is 14.8 Å². The van der Waals surface area contributed by atoms with Gasteiger partial charge >= 0.3 is 0 Å². The molecule has 0 aliphatic carbocycles. The van der Waals surface area contributed by atoms with Crippen LogP contribution in [0.1, 0.15) is 13.8 Å². The number of nitrogens with zero attached hydrogens (tertiary/aromatic N) is 4. The van der Waals surface area contributed by atoms with Crippen molar-refractivity contribution in [2.75, 3.05) is 18.5 Å². The van der Waals surface area contributed by atoms with E-state index < -0.39 is 0 Å². The van der Waals surface area contributed by atoms with Gasteiger partial charge in [0.25, 0.3) is 0 Å². The highest BCUT2D eigenvalue weighted by molar-refractivity contribution is 5.26. The second-order valence-electron chi connectivity index (χ2n) is 3.52. The molecule has 0 fully saturated rings. The molecule has 0 saturated carbocycles. The highest BCUT2D eigenvalue weighted by atomic mass is 15.4.